The molecular weight excluding hydrogens is 254 g/mol. The zero-order chi connectivity index (χ0) is 13.8. The van der Waals surface area contributed by atoms with Crippen LogP contribution in [-0.2, 0) is 0 Å². The maximum atomic E-state index is 10.8. The van der Waals surface area contributed by atoms with Gasteiger partial charge in [-0.25, -0.2) is 0 Å². The Hall–Kier alpha value is -2.27. The Bertz CT molecular complexity index is 612. The first-order chi connectivity index (χ1) is 9.85. The highest BCUT2D eigenvalue weighted by atomic mass is 16.5. The smallest absolute Gasteiger partial charge is 0.151 e. The first kappa shape index (κ1) is 12.7. The van der Waals surface area contributed by atoms with Gasteiger partial charge in [0.05, 0.1) is 6.20 Å². The fourth-order valence-electron chi connectivity index (χ4n) is 2.02. The highest BCUT2D eigenvalue weighted by Gasteiger charge is 2.16. The molecule has 0 unspecified atom stereocenters. The third-order valence-corrected chi connectivity index (χ3v) is 3.32. The molecule has 3 heterocycles. The molecule has 1 aliphatic rings. The van der Waals surface area contributed by atoms with Crippen molar-refractivity contribution < 1.29 is 9.53 Å². The SMILES string of the molecule is O=Cc1cncc(-c2cncc(OC[C@@H]3CCN3)c2)c1. The van der Waals surface area contributed by atoms with Crippen molar-refractivity contribution in [2.75, 3.05) is 13.2 Å². The second kappa shape index (κ2) is 5.79. The van der Waals surface area contributed by atoms with Crippen LogP contribution in [0.2, 0.25) is 0 Å². The molecule has 1 aliphatic heterocycles. The van der Waals surface area contributed by atoms with Crippen LogP contribution in [0.4, 0.5) is 0 Å². The van der Waals surface area contributed by atoms with E-state index in [9.17, 15) is 4.79 Å². The van der Waals surface area contributed by atoms with Crippen LogP contribution in [0.25, 0.3) is 11.1 Å². The van der Waals surface area contributed by atoms with Gasteiger partial charge in [-0.2, -0.15) is 0 Å². The second-order valence-corrected chi connectivity index (χ2v) is 4.78. The number of ether oxygens (including phenoxy) is 1. The Morgan fingerprint density at radius 2 is 1.95 bits per heavy atom. The number of nitrogens with zero attached hydrogens (tertiary/aromatic N) is 2. The van der Waals surface area contributed by atoms with Crippen LogP contribution in [0.3, 0.4) is 0 Å². The average molecular weight is 269 g/mol. The lowest BCUT2D eigenvalue weighted by molar-refractivity contribution is 0.112. The lowest BCUT2D eigenvalue weighted by Crippen LogP contribution is -2.46. The van der Waals surface area contributed by atoms with Crippen molar-refractivity contribution in [3.05, 3.63) is 42.5 Å². The van der Waals surface area contributed by atoms with Crippen LogP contribution in [0.1, 0.15) is 16.8 Å². The summed E-state index contributed by atoms with van der Waals surface area (Å²) in [5, 5.41) is 3.28. The van der Waals surface area contributed by atoms with Gasteiger partial charge in [-0.1, -0.05) is 0 Å². The van der Waals surface area contributed by atoms with Gasteiger partial charge in [-0.05, 0) is 25.1 Å². The predicted octanol–water partition coefficient (Wildman–Crippen LogP) is 1.70. The van der Waals surface area contributed by atoms with E-state index >= 15 is 0 Å². The summed E-state index contributed by atoms with van der Waals surface area (Å²) >= 11 is 0. The molecule has 0 bridgehead atoms. The van der Waals surface area contributed by atoms with Crippen molar-refractivity contribution in [3.63, 3.8) is 0 Å². The Morgan fingerprint density at radius 1 is 1.20 bits per heavy atom. The monoisotopic (exact) mass is 269 g/mol. The number of hydrogen-bond acceptors (Lipinski definition) is 5. The summed E-state index contributed by atoms with van der Waals surface area (Å²) in [6.45, 7) is 1.72. The minimum atomic E-state index is 0.443. The van der Waals surface area contributed by atoms with Crippen LogP contribution >= 0.6 is 0 Å². The molecule has 0 amide bonds. The van der Waals surface area contributed by atoms with Gasteiger partial charge in [0.1, 0.15) is 12.4 Å². The van der Waals surface area contributed by atoms with Crippen molar-refractivity contribution in [3.8, 4) is 16.9 Å². The van der Waals surface area contributed by atoms with Crippen molar-refractivity contribution in [1.82, 2.24) is 15.3 Å². The molecule has 5 heteroatoms. The van der Waals surface area contributed by atoms with Crippen molar-refractivity contribution in [1.29, 1.82) is 0 Å². The number of aromatic nitrogens is 2. The molecule has 0 saturated carbocycles. The van der Waals surface area contributed by atoms with Crippen LogP contribution in [0.15, 0.2) is 36.9 Å². The molecule has 1 saturated heterocycles. The minimum absolute atomic E-state index is 0.443. The van der Waals surface area contributed by atoms with Crippen molar-refractivity contribution in [2.24, 2.45) is 0 Å². The van der Waals surface area contributed by atoms with Crippen LogP contribution < -0.4 is 10.1 Å². The molecule has 1 N–H and O–H groups in total. The summed E-state index contributed by atoms with van der Waals surface area (Å²) in [7, 11) is 0. The van der Waals surface area contributed by atoms with E-state index in [0.29, 0.717) is 18.2 Å². The lowest BCUT2D eigenvalue weighted by atomic mass is 10.1. The lowest BCUT2D eigenvalue weighted by Gasteiger charge is -2.27. The number of hydrogen-bond donors (Lipinski definition) is 1. The topological polar surface area (TPSA) is 64.1 Å². The molecule has 0 aliphatic carbocycles. The van der Waals surface area contributed by atoms with Crippen molar-refractivity contribution in [2.45, 2.75) is 12.5 Å². The Kier molecular flexibility index (Phi) is 3.69. The number of pyridine rings is 2. The van der Waals surface area contributed by atoms with E-state index in [1.807, 2.05) is 6.07 Å². The zero-order valence-electron chi connectivity index (χ0n) is 11.0. The van der Waals surface area contributed by atoms with Gasteiger partial charge < -0.3 is 10.1 Å². The zero-order valence-corrected chi connectivity index (χ0v) is 11.0. The molecular formula is C15H15N3O2. The number of rotatable bonds is 5. The molecule has 20 heavy (non-hydrogen) atoms. The standard InChI is InChI=1S/C15H15N3O2/c19-9-11-3-12(6-16-5-11)13-4-15(8-17-7-13)20-10-14-1-2-18-14/h3-9,14,18H,1-2,10H2/t14-/m0/s1. The summed E-state index contributed by atoms with van der Waals surface area (Å²) in [4.78, 5) is 19.0. The fraction of sp³-hybridized carbons (Fsp3) is 0.267. The number of carbonyl (C=O) groups excluding carboxylic acids is 1. The molecule has 1 atom stereocenters. The quantitative estimate of drug-likeness (QED) is 0.837. The van der Waals surface area contributed by atoms with Gasteiger partial charge in [-0.3, -0.25) is 14.8 Å². The molecule has 0 spiro atoms. The molecule has 5 nitrogen and oxygen atoms in total. The Morgan fingerprint density at radius 3 is 2.65 bits per heavy atom. The summed E-state index contributed by atoms with van der Waals surface area (Å²) in [6, 6.07) is 4.14. The summed E-state index contributed by atoms with van der Waals surface area (Å²) in [5.41, 5.74) is 2.29. The molecule has 102 valence electrons. The van der Waals surface area contributed by atoms with E-state index in [1.165, 1.54) is 6.20 Å². The summed E-state index contributed by atoms with van der Waals surface area (Å²) < 4.78 is 5.71. The third-order valence-electron chi connectivity index (χ3n) is 3.32. The first-order valence-electron chi connectivity index (χ1n) is 6.57. The Balaban J connectivity index is 1.76. The van der Waals surface area contributed by atoms with Crippen LogP contribution in [-0.4, -0.2) is 35.4 Å². The maximum absolute atomic E-state index is 10.8. The number of nitrogens with one attached hydrogen (secondary N) is 1. The highest BCUT2D eigenvalue weighted by Crippen LogP contribution is 2.22. The number of carbonyl (C=O) groups is 1. The highest BCUT2D eigenvalue weighted by molar-refractivity contribution is 5.77. The van der Waals surface area contributed by atoms with Gasteiger partial charge in [0.2, 0.25) is 0 Å². The van der Waals surface area contributed by atoms with Crippen LogP contribution in [0.5, 0.6) is 5.75 Å². The summed E-state index contributed by atoms with van der Waals surface area (Å²) in [5.74, 6) is 0.729. The molecule has 2 aromatic rings. The molecule has 1 fully saturated rings. The van der Waals surface area contributed by atoms with Gasteiger partial charge in [0.25, 0.3) is 0 Å². The largest absolute Gasteiger partial charge is 0.490 e. The Labute approximate surface area is 117 Å². The van der Waals surface area contributed by atoms with Gasteiger partial charge in [-0.15, -0.1) is 0 Å². The van der Waals surface area contributed by atoms with Crippen molar-refractivity contribution >= 4 is 6.29 Å². The second-order valence-electron chi connectivity index (χ2n) is 4.78. The molecule has 2 aromatic heterocycles. The molecule has 0 radical (unpaired) electrons. The van der Waals surface area contributed by atoms with E-state index in [4.69, 9.17) is 4.74 Å². The minimum Gasteiger partial charge on any atom is -0.490 e. The van der Waals surface area contributed by atoms with Gasteiger partial charge in [0.15, 0.2) is 6.29 Å². The average Bonchev–Trinajstić information content (AvgIpc) is 2.46. The summed E-state index contributed by atoms with van der Waals surface area (Å²) in [6.07, 6.45) is 8.61. The molecule has 0 aromatic carbocycles. The van der Waals surface area contributed by atoms with E-state index in [-0.39, 0.29) is 0 Å². The van der Waals surface area contributed by atoms with Gasteiger partial charge >= 0.3 is 0 Å². The maximum Gasteiger partial charge on any atom is 0.151 e. The first-order valence-corrected chi connectivity index (χ1v) is 6.57. The van der Waals surface area contributed by atoms with E-state index in [1.54, 1.807) is 24.7 Å². The van der Waals surface area contributed by atoms with E-state index in [2.05, 4.69) is 15.3 Å². The van der Waals surface area contributed by atoms with E-state index in [0.717, 1.165) is 36.1 Å². The normalized spacial score (nSPS) is 17.3. The predicted molar refractivity (Wildman–Crippen MR) is 74.8 cm³/mol. The molecule has 3 rings (SSSR count). The fourth-order valence-corrected chi connectivity index (χ4v) is 2.02. The third kappa shape index (κ3) is 2.83. The van der Waals surface area contributed by atoms with Crippen LogP contribution in [0, 0.1) is 0 Å². The van der Waals surface area contributed by atoms with E-state index < -0.39 is 0 Å². The number of aldehydes is 1. The van der Waals surface area contributed by atoms with Gasteiger partial charge in [0, 0.05) is 41.3 Å².